The third kappa shape index (κ3) is 3.64. The molecule has 6 heteroatoms. The van der Waals surface area contributed by atoms with Crippen LogP contribution in [-0.2, 0) is 9.53 Å². The van der Waals surface area contributed by atoms with E-state index in [1.807, 2.05) is 6.92 Å². The first-order valence-electron chi connectivity index (χ1n) is 6.25. The molecule has 1 fully saturated rings. The van der Waals surface area contributed by atoms with Crippen molar-refractivity contribution in [2.24, 2.45) is 0 Å². The molecule has 0 aliphatic carbocycles. The summed E-state index contributed by atoms with van der Waals surface area (Å²) in [5.41, 5.74) is 0.600. The molecule has 0 aromatic carbocycles. The molecule has 1 aromatic heterocycles. The van der Waals surface area contributed by atoms with Crippen LogP contribution in [0.25, 0.3) is 6.08 Å². The van der Waals surface area contributed by atoms with Gasteiger partial charge in [-0.25, -0.2) is 4.79 Å². The van der Waals surface area contributed by atoms with Gasteiger partial charge in [0.25, 0.3) is 5.91 Å². The van der Waals surface area contributed by atoms with Gasteiger partial charge in [0, 0.05) is 25.1 Å². The van der Waals surface area contributed by atoms with Gasteiger partial charge in [-0.15, -0.1) is 0 Å². The number of aromatic nitrogens is 1. The van der Waals surface area contributed by atoms with Crippen molar-refractivity contribution in [2.45, 2.75) is 18.9 Å². The maximum absolute atomic E-state index is 12.1. The van der Waals surface area contributed by atoms with E-state index in [-0.39, 0.29) is 11.4 Å². The number of nitrogens with one attached hydrogen (secondary N) is 1. The summed E-state index contributed by atoms with van der Waals surface area (Å²) in [5, 5.41) is 11.5. The number of carboxylic acids is 1. The summed E-state index contributed by atoms with van der Waals surface area (Å²) in [6, 6.07) is 1.60. The predicted molar refractivity (Wildman–Crippen MR) is 72.2 cm³/mol. The van der Waals surface area contributed by atoms with E-state index in [4.69, 9.17) is 9.84 Å². The van der Waals surface area contributed by atoms with Crippen LogP contribution in [0.4, 0.5) is 0 Å². The highest BCUT2D eigenvalue weighted by molar-refractivity contribution is 5.95. The Bertz CT molecular complexity index is 548. The fraction of sp³-hybridized carbons (Fsp3) is 0.357. The summed E-state index contributed by atoms with van der Waals surface area (Å²) in [4.78, 5) is 26.6. The number of aliphatic carboxylic acids is 1. The molecule has 1 unspecified atom stereocenters. The molecule has 2 N–H and O–H groups in total. The summed E-state index contributed by atoms with van der Waals surface area (Å²) in [5.74, 6) is -1.29. The van der Waals surface area contributed by atoms with Crippen LogP contribution in [0.3, 0.4) is 0 Å². The number of ether oxygens (including phenoxy) is 1. The molecule has 106 valence electrons. The molecule has 1 aliphatic rings. The second-order valence-electron chi connectivity index (χ2n) is 5.00. The van der Waals surface area contributed by atoms with Gasteiger partial charge in [0.1, 0.15) is 0 Å². The quantitative estimate of drug-likeness (QED) is 0.804. The van der Waals surface area contributed by atoms with E-state index in [0.29, 0.717) is 24.3 Å². The molecule has 1 aliphatic heterocycles. The maximum atomic E-state index is 12.1. The number of amides is 1. The summed E-state index contributed by atoms with van der Waals surface area (Å²) < 4.78 is 5.28. The van der Waals surface area contributed by atoms with E-state index < -0.39 is 5.97 Å². The Hall–Kier alpha value is -2.21. The van der Waals surface area contributed by atoms with Crippen molar-refractivity contribution in [2.75, 3.05) is 13.2 Å². The monoisotopic (exact) mass is 276 g/mol. The minimum absolute atomic E-state index is 0.240. The lowest BCUT2D eigenvalue weighted by molar-refractivity contribution is -0.131. The van der Waals surface area contributed by atoms with Crippen LogP contribution in [0.5, 0.6) is 0 Å². The van der Waals surface area contributed by atoms with Crippen LogP contribution in [0, 0.1) is 0 Å². The van der Waals surface area contributed by atoms with Gasteiger partial charge in [-0.2, -0.15) is 0 Å². The zero-order chi connectivity index (χ0) is 14.6. The molecule has 20 heavy (non-hydrogen) atoms. The molecule has 1 aromatic rings. The molecule has 2 heterocycles. The van der Waals surface area contributed by atoms with Gasteiger partial charge in [0.2, 0.25) is 0 Å². The number of hydrogen-bond acceptors (Lipinski definition) is 4. The Balaban J connectivity index is 2.10. The van der Waals surface area contributed by atoms with Gasteiger partial charge in [0.05, 0.1) is 17.7 Å². The van der Waals surface area contributed by atoms with Gasteiger partial charge in [-0.3, -0.25) is 9.78 Å². The Morgan fingerprint density at radius 1 is 1.50 bits per heavy atom. The second kappa shape index (κ2) is 5.83. The zero-order valence-corrected chi connectivity index (χ0v) is 11.1. The fourth-order valence-corrected chi connectivity index (χ4v) is 1.95. The molecule has 0 bridgehead atoms. The normalized spacial score (nSPS) is 22.1. The minimum Gasteiger partial charge on any atom is -0.478 e. The number of carboxylic acid groups (broad SMARTS) is 1. The number of carbonyl (C=O) groups is 2. The van der Waals surface area contributed by atoms with Crippen molar-refractivity contribution >= 4 is 18.0 Å². The smallest absolute Gasteiger partial charge is 0.328 e. The molecule has 1 atom stereocenters. The van der Waals surface area contributed by atoms with Crippen molar-refractivity contribution < 1.29 is 19.4 Å². The highest BCUT2D eigenvalue weighted by Gasteiger charge is 2.31. The molecule has 1 amide bonds. The van der Waals surface area contributed by atoms with E-state index in [0.717, 1.165) is 12.5 Å². The Labute approximate surface area is 116 Å². The van der Waals surface area contributed by atoms with Gasteiger partial charge in [-0.05, 0) is 31.1 Å². The summed E-state index contributed by atoms with van der Waals surface area (Å²) >= 11 is 0. The first-order chi connectivity index (χ1) is 9.48. The third-order valence-corrected chi connectivity index (χ3v) is 3.07. The van der Waals surface area contributed by atoms with Crippen LogP contribution < -0.4 is 5.32 Å². The number of nitrogens with zero attached hydrogens (tertiary/aromatic N) is 1. The highest BCUT2D eigenvalue weighted by atomic mass is 16.5. The standard InChI is InChI=1S/C14H16N2O4/c1-14(4-5-20-9-14)16-13(19)11-6-10(7-15-8-11)2-3-12(17)18/h2-3,6-8H,4-5,9H2,1H3,(H,16,19)(H,17,18)/b3-2+. The number of carbonyl (C=O) groups excluding carboxylic acids is 1. The third-order valence-electron chi connectivity index (χ3n) is 3.07. The summed E-state index contributed by atoms with van der Waals surface area (Å²) in [6.45, 7) is 3.06. The first kappa shape index (κ1) is 14.2. The number of rotatable bonds is 4. The van der Waals surface area contributed by atoms with E-state index in [9.17, 15) is 9.59 Å². The number of hydrogen-bond donors (Lipinski definition) is 2. The average Bonchev–Trinajstić information content (AvgIpc) is 2.83. The molecule has 2 rings (SSSR count). The van der Waals surface area contributed by atoms with Gasteiger partial charge >= 0.3 is 5.97 Å². The maximum Gasteiger partial charge on any atom is 0.328 e. The van der Waals surface area contributed by atoms with Crippen LogP contribution >= 0.6 is 0 Å². The lowest BCUT2D eigenvalue weighted by Crippen LogP contribution is -2.46. The van der Waals surface area contributed by atoms with Crippen LogP contribution in [0.1, 0.15) is 29.3 Å². The number of pyridine rings is 1. The van der Waals surface area contributed by atoms with Crippen LogP contribution in [0.2, 0.25) is 0 Å². The summed E-state index contributed by atoms with van der Waals surface area (Å²) in [6.07, 6.45) is 6.12. The zero-order valence-electron chi connectivity index (χ0n) is 11.1. The van der Waals surface area contributed by atoms with Gasteiger partial charge in [-0.1, -0.05) is 0 Å². The molecule has 0 spiro atoms. The minimum atomic E-state index is -1.05. The Morgan fingerprint density at radius 3 is 2.95 bits per heavy atom. The van der Waals surface area contributed by atoms with E-state index in [1.165, 1.54) is 18.5 Å². The van der Waals surface area contributed by atoms with Crippen molar-refractivity contribution in [1.29, 1.82) is 0 Å². The lowest BCUT2D eigenvalue weighted by Gasteiger charge is -2.23. The molecular formula is C14H16N2O4. The first-order valence-corrected chi connectivity index (χ1v) is 6.25. The van der Waals surface area contributed by atoms with Crippen molar-refractivity contribution in [3.8, 4) is 0 Å². The summed E-state index contributed by atoms with van der Waals surface area (Å²) in [7, 11) is 0. The second-order valence-corrected chi connectivity index (χ2v) is 5.00. The van der Waals surface area contributed by atoms with E-state index in [1.54, 1.807) is 6.07 Å². The highest BCUT2D eigenvalue weighted by Crippen LogP contribution is 2.18. The Kier molecular flexibility index (Phi) is 4.14. The molecule has 1 saturated heterocycles. The molecule has 0 saturated carbocycles. The largest absolute Gasteiger partial charge is 0.478 e. The molecular weight excluding hydrogens is 260 g/mol. The van der Waals surface area contributed by atoms with Crippen molar-refractivity contribution in [3.05, 3.63) is 35.7 Å². The Morgan fingerprint density at radius 2 is 2.30 bits per heavy atom. The van der Waals surface area contributed by atoms with Crippen LogP contribution in [-0.4, -0.2) is 40.7 Å². The molecule has 6 nitrogen and oxygen atoms in total. The molecule has 0 radical (unpaired) electrons. The van der Waals surface area contributed by atoms with E-state index >= 15 is 0 Å². The SMILES string of the molecule is CC1(NC(=O)c2cncc(/C=C/C(=O)O)c2)CCOC1. The fourth-order valence-electron chi connectivity index (χ4n) is 1.95. The van der Waals surface area contributed by atoms with E-state index in [2.05, 4.69) is 10.3 Å². The topological polar surface area (TPSA) is 88.5 Å². The average molecular weight is 276 g/mol. The van der Waals surface area contributed by atoms with Gasteiger partial charge < -0.3 is 15.2 Å². The van der Waals surface area contributed by atoms with Crippen LogP contribution in [0.15, 0.2) is 24.5 Å². The lowest BCUT2D eigenvalue weighted by atomic mass is 10.0. The van der Waals surface area contributed by atoms with Crippen molar-refractivity contribution in [1.82, 2.24) is 10.3 Å². The predicted octanol–water partition coefficient (Wildman–Crippen LogP) is 1.09. The van der Waals surface area contributed by atoms with Crippen molar-refractivity contribution in [3.63, 3.8) is 0 Å². The van der Waals surface area contributed by atoms with Gasteiger partial charge in [0.15, 0.2) is 0 Å².